The summed E-state index contributed by atoms with van der Waals surface area (Å²) in [7, 11) is 0. The number of hydrogen-bond donors (Lipinski definition) is 2. The van der Waals surface area contributed by atoms with E-state index < -0.39 is 23.6 Å². The smallest absolute Gasteiger partial charge is 0.241 e. The zero-order valence-corrected chi connectivity index (χ0v) is 11.7. The number of halogens is 3. The zero-order valence-electron chi connectivity index (χ0n) is 10.9. The van der Waals surface area contributed by atoms with Crippen molar-refractivity contribution in [3.63, 3.8) is 0 Å². The van der Waals surface area contributed by atoms with Gasteiger partial charge in [-0.1, -0.05) is 41.9 Å². The number of carbonyl (C=O) groups is 1. The molecule has 6 heteroatoms. The van der Waals surface area contributed by atoms with Gasteiger partial charge in [-0.15, -0.1) is 0 Å². The van der Waals surface area contributed by atoms with E-state index in [9.17, 15) is 13.6 Å². The van der Waals surface area contributed by atoms with Crippen LogP contribution < -0.4 is 11.1 Å². The lowest BCUT2D eigenvalue weighted by molar-refractivity contribution is -0.117. The molecule has 1 atom stereocenters. The maximum Gasteiger partial charge on any atom is 0.241 e. The zero-order chi connectivity index (χ0) is 15.4. The molecule has 110 valence electrons. The molecule has 0 radical (unpaired) electrons. The van der Waals surface area contributed by atoms with Crippen molar-refractivity contribution < 1.29 is 13.6 Å². The molecule has 0 saturated heterocycles. The van der Waals surface area contributed by atoms with Crippen molar-refractivity contribution in [1.29, 1.82) is 0 Å². The summed E-state index contributed by atoms with van der Waals surface area (Å²) in [5.41, 5.74) is 6.38. The van der Waals surface area contributed by atoms with E-state index in [1.54, 1.807) is 0 Å². The van der Waals surface area contributed by atoms with E-state index in [1.165, 1.54) is 0 Å². The number of carbonyl (C=O) groups excluding carboxylic acids is 1. The van der Waals surface area contributed by atoms with Crippen LogP contribution in [-0.2, 0) is 11.2 Å². The van der Waals surface area contributed by atoms with Crippen molar-refractivity contribution in [2.45, 2.75) is 12.5 Å². The summed E-state index contributed by atoms with van der Waals surface area (Å²) in [6, 6.07) is 9.87. The van der Waals surface area contributed by atoms with Crippen LogP contribution in [0.15, 0.2) is 42.5 Å². The summed E-state index contributed by atoms with van der Waals surface area (Å²) in [6.45, 7) is 0. The highest BCUT2D eigenvalue weighted by atomic mass is 35.5. The molecular formula is C15H13ClF2N2O. The minimum atomic E-state index is -0.944. The van der Waals surface area contributed by atoms with Gasteiger partial charge in [0.15, 0.2) is 5.82 Å². The van der Waals surface area contributed by atoms with Crippen molar-refractivity contribution >= 4 is 23.2 Å². The number of nitrogens with one attached hydrogen (secondary N) is 1. The molecule has 0 saturated carbocycles. The van der Waals surface area contributed by atoms with Crippen molar-refractivity contribution in [3.8, 4) is 0 Å². The van der Waals surface area contributed by atoms with E-state index in [2.05, 4.69) is 5.32 Å². The third kappa shape index (κ3) is 4.00. The van der Waals surface area contributed by atoms with E-state index in [-0.39, 0.29) is 10.7 Å². The fourth-order valence-corrected chi connectivity index (χ4v) is 2.08. The molecule has 3 nitrogen and oxygen atoms in total. The van der Waals surface area contributed by atoms with Crippen LogP contribution in [-0.4, -0.2) is 11.9 Å². The first-order valence-corrected chi connectivity index (χ1v) is 6.60. The summed E-state index contributed by atoms with van der Waals surface area (Å²) in [6.07, 6.45) is 0.299. The van der Waals surface area contributed by atoms with Gasteiger partial charge < -0.3 is 11.1 Å². The number of rotatable bonds is 4. The van der Waals surface area contributed by atoms with Gasteiger partial charge >= 0.3 is 0 Å². The Hall–Kier alpha value is -1.98. The van der Waals surface area contributed by atoms with E-state index >= 15 is 0 Å². The van der Waals surface area contributed by atoms with Gasteiger partial charge in [-0.2, -0.15) is 0 Å². The van der Waals surface area contributed by atoms with Crippen LogP contribution in [0.1, 0.15) is 5.56 Å². The average molecular weight is 311 g/mol. The van der Waals surface area contributed by atoms with Gasteiger partial charge in [-0.05, 0) is 18.1 Å². The van der Waals surface area contributed by atoms with E-state index in [0.717, 1.165) is 11.6 Å². The van der Waals surface area contributed by atoms with Crippen LogP contribution in [0.3, 0.4) is 0 Å². The Morgan fingerprint density at radius 1 is 1.24 bits per heavy atom. The molecule has 1 amide bonds. The van der Waals surface area contributed by atoms with Gasteiger partial charge in [-0.3, -0.25) is 4.79 Å². The lowest BCUT2D eigenvalue weighted by atomic mass is 10.1. The quantitative estimate of drug-likeness (QED) is 0.911. The van der Waals surface area contributed by atoms with Gasteiger partial charge in [0.25, 0.3) is 0 Å². The number of amides is 1. The first-order valence-electron chi connectivity index (χ1n) is 6.22. The van der Waals surface area contributed by atoms with E-state index in [0.29, 0.717) is 12.5 Å². The fourth-order valence-electron chi connectivity index (χ4n) is 1.84. The largest absolute Gasteiger partial charge is 0.321 e. The highest BCUT2D eigenvalue weighted by Gasteiger charge is 2.18. The van der Waals surface area contributed by atoms with Crippen molar-refractivity contribution in [2.75, 3.05) is 5.32 Å². The summed E-state index contributed by atoms with van der Waals surface area (Å²) in [5, 5.41) is 2.07. The SMILES string of the molecule is N[C@@H](Cc1ccccc1)C(=O)Nc1c(F)cc(F)cc1Cl. The molecule has 0 bridgehead atoms. The second kappa shape index (κ2) is 6.65. The van der Waals surface area contributed by atoms with Crippen LogP contribution in [0.2, 0.25) is 5.02 Å². The van der Waals surface area contributed by atoms with Crippen LogP contribution in [0.4, 0.5) is 14.5 Å². The average Bonchev–Trinajstić information content (AvgIpc) is 2.43. The molecule has 2 aromatic rings. The third-order valence-electron chi connectivity index (χ3n) is 2.89. The molecule has 2 aromatic carbocycles. The minimum Gasteiger partial charge on any atom is -0.321 e. The van der Waals surface area contributed by atoms with E-state index in [1.807, 2.05) is 30.3 Å². The Morgan fingerprint density at radius 2 is 1.90 bits per heavy atom. The molecule has 0 aromatic heterocycles. The Balaban J connectivity index is 2.08. The predicted molar refractivity (Wildman–Crippen MR) is 78.1 cm³/mol. The number of benzene rings is 2. The molecule has 0 aliphatic carbocycles. The molecule has 0 fully saturated rings. The molecular weight excluding hydrogens is 298 g/mol. The normalized spacial score (nSPS) is 12.0. The molecule has 3 N–H and O–H groups in total. The summed E-state index contributed by atoms with van der Waals surface area (Å²) in [5.74, 6) is -2.35. The molecule has 0 spiro atoms. The molecule has 0 unspecified atom stereocenters. The maximum absolute atomic E-state index is 13.6. The van der Waals surface area contributed by atoms with Crippen molar-refractivity contribution in [1.82, 2.24) is 0 Å². The lowest BCUT2D eigenvalue weighted by Gasteiger charge is -2.14. The van der Waals surface area contributed by atoms with Gasteiger partial charge in [0.1, 0.15) is 5.82 Å². The van der Waals surface area contributed by atoms with Gasteiger partial charge in [-0.25, -0.2) is 8.78 Å². The highest BCUT2D eigenvalue weighted by Crippen LogP contribution is 2.26. The van der Waals surface area contributed by atoms with Crippen LogP contribution >= 0.6 is 11.6 Å². The first kappa shape index (κ1) is 15.4. The molecule has 0 heterocycles. The lowest BCUT2D eigenvalue weighted by Crippen LogP contribution is -2.37. The molecule has 0 aliphatic heterocycles. The van der Waals surface area contributed by atoms with Crippen LogP contribution in [0, 0.1) is 11.6 Å². The van der Waals surface area contributed by atoms with E-state index in [4.69, 9.17) is 17.3 Å². The molecule has 2 rings (SSSR count). The second-order valence-corrected chi connectivity index (χ2v) is 4.94. The standard InChI is InChI=1S/C15H13ClF2N2O/c16-11-7-10(17)8-12(18)14(11)20-15(21)13(19)6-9-4-2-1-3-5-9/h1-5,7-8,13H,6,19H2,(H,20,21)/t13-/m0/s1. The van der Waals surface area contributed by atoms with Gasteiger partial charge in [0.2, 0.25) is 5.91 Å². The first-order chi connectivity index (χ1) is 9.97. The summed E-state index contributed by atoms with van der Waals surface area (Å²) in [4.78, 5) is 12.0. The maximum atomic E-state index is 13.6. The Kier molecular flexibility index (Phi) is 4.88. The topological polar surface area (TPSA) is 55.1 Å². The highest BCUT2D eigenvalue weighted by molar-refractivity contribution is 6.33. The third-order valence-corrected chi connectivity index (χ3v) is 3.19. The Morgan fingerprint density at radius 3 is 2.52 bits per heavy atom. The summed E-state index contributed by atoms with van der Waals surface area (Å²) >= 11 is 5.71. The minimum absolute atomic E-state index is 0.215. The van der Waals surface area contributed by atoms with Crippen LogP contribution in [0.25, 0.3) is 0 Å². The Labute approximate surface area is 125 Å². The number of hydrogen-bond acceptors (Lipinski definition) is 2. The predicted octanol–water partition coefficient (Wildman–Crippen LogP) is 3.13. The van der Waals surface area contributed by atoms with Gasteiger partial charge in [0.05, 0.1) is 16.8 Å². The molecule has 0 aliphatic rings. The monoisotopic (exact) mass is 310 g/mol. The van der Waals surface area contributed by atoms with Crippen LogP contribution in [0.5, 0.6) is 0 Å². The van der Waals surface area contributed by atoms with Crippen molar-refractivity contribution in [3.05, 3.63) is 64.7 Å². The second-order valence-electron chi connectivity index (χ2n) is 4.53. The molecule has 21 heavy (non-hydrogen) atoms. The fraction of sp³-hybridized carbons (Fsp3) is 0.133. The van der Waals surface area contributed by atoms with Crippen molar-refractivity contribution in [2.24, 2.45) is 5.73 Å². The van der Waals surface area contributed by atoms with Gasteiger partial charge in [0, 0.05) is 6.07 Å². The summed E-state index contributed by atoms with van der Waals surface area (Å²) < 4.78 is 26.5. The number of nitrogens with two attached hydrogens (primary N) is 1. The Bertz CT molecular complexity index is 626. The number of anilines is 1.